The zero-order valence-corrected chi connectivity index (χ0v) is 10.5. The van der Waals surface area contributed by atoms with Crippen molar-refractivity contribution in [2.75, 3.05) is 13.2 Å². The second kappa shape index (κ2) is 6.47. The zero-order chi connectivity index (χ0) is 12.8. The Bertz CT molecular complexity index is 280. The van der Waals surface area contributed by atoms with Gasteiger partial charge in [0.15, 0.2) is 0 Å². The van der Waals surface area contributed by atoms with Crippen LogP contribution in [0.1, 0.15) is 39.5 Å². The Morgan fingerprint density at radius 2 is 2.18 bits per heavy atom. The summed E-state index contributed by atoms with van der Waals surface area (Å²) in [4.78, 5) is 23.8. The minimum absolute atomic E-state index is 0.129. The van der Waals surface area contributed by atoms with E-state index in [0.29, 0.717) is 13.0 Å². The number of carboxylic acid groups (broad SMARTS) is 1. The fraction of sp³-hybridized carbons (Fsp3) is 0.833. The van der Waals surface area contributed by atoms with Crippen LogP contribution in [0.5, 0.6) is 0 Å². The first kappa shape index (κ1) is 13.8. The number of carboxylic acids is 1. The molecule has 0 radical (unpaired) electrons. The highest BCUT2D eigenvalue weighted by molar-refractivity contribution is 5.69. The van der Waals surface area contributed by atoms with Crippen molar-refractivity contribution in [1.82, 2.24) is 4.90 Å². The lowest BCUT2D eigenvalue weighted by molar-refractivity contribution is -0.141. The van der Waals surface area contributed by atoms with Crippen LogP contribution in [0.25, 0.3) is 0 Å². The van der Waals surface area contributed by atoms with Crippen molar-refractivity contribution in [3.05, 3.63) is 0 Å². The van der Waals surface area contributed by atoms with Gasteiger partial charge in [-0.15, -0.1) is 0 Å². The average Bonchev–Trinajstić information content (AvgIpc) is 2.29. The fourth-order valence-electron chi connectivity index (χ4n) is 1.97. The van der Waals surface area contributed by atoms with Crippen molar-refractivity contribution >= 4 is 12.1 Å². The van der Waals surface area contributed by atoms with E-state index in [1.165, 1.54) is 0 Å². The molecule has 5 heteroatoms. The van der Waals surface area contributed by atoms with Crippen LogP contribution in [0.3, 0.4) is 0 Å². The number of hydrogen-bond acceptors (Lipinski definition) is 3. The van der Waals surface area contributed by atoms with Gasteiger partial charge in [0, 0.05) is 12.6 Å². The minimum Gasteiger partial charge on any atom is -0.481 e. The molecule has 1 rings (SSSR count). The van der Waals surface area contributed by atoms with Crippen molar-refractivity contribution in [1.29, 1.82) is 0 Å². The van der Waals surface area contributed by atoms with Crippen molar-refractivity contribution in [2.24, 2.45) is 5.92 Å². The Balaban J connectivity index is 2.26. The van der Waals surface area contributed by atoms with Crippen LogP contribution in [-0.2, 0) is 9.53 Å². The largest absolute Gasteiger partial charge is 0.481 e. The Morgan fingerprint density at radius 1 is 1.47 bits per heavy atom. The number of hydrogen-bond donors (Lipinski definition) is 1. The molecule has 98 valence electrons. The molecule has 17 heavy (non-hydrogen) atoms. The molecule has 1 aliphatic heterocycles. The second-order valence-corrected chi connectivity index (χ2v) is 4.68. The van der Waals surface area contributed by atoms with Crippen LogP contribution in [0.15, 0.2) is 0 Å². The summed E-state index contributed by atoms with van der Waals surface area (Å²) in [5.41, 5.74) is 0. The van der Waals surface area contributed by atoms with Gasteiger partial charge in [-0.05, 0) is 26.2 Å². The molecule has 0 aromatic carbocycles. The SMILES string of the molecule is CC(CCCC(C)N1CCCOC1=O)C(=O)O. The van der Waals surface area contributed by atoms with E-state index in [0.717, 1.165) is 25.8 Å². The maximum absolute atomic E-state index is 11.5. The summed E-state index contributed by atoms with van der Waals surface area (Å²) in [6.45, 7) is 4.95. The lowest BCUT2D eigenvalue weighted by Crippen LogP contribution is -2.43. The summed E-state index contributed by atoms with van der Waals surface area (Å²) < 4.78 is 4.97. The van der Waals surface area contributed by atoms with Crippen LogP contribution < -0.4 is 0 Å². The molecule has 0 aromatic heterocycles. The maximum atomic E-state index is 11.5. The number of nitrogens with zero attached hydrogens (tertiary/aromatic N) is 1. The highest BCUT2D eigenvalue weighted by atomic mass is 16.6. The lowest BCUT2D eigenvalue weighted by Gasteiger charge is -2.31. The van der Waals surface area contributed by atoms with Gasteiger partial charge in [0.1, 0.15) is 0 Å². The Hall–Kier alpha value is -1.26. The summed E-state index contributed by atoms with van der Waals surface area (Å²) >= 11 is 0. The quantitative estimate of drug-likeness (QED) is 0.775. The first-order chi connectivity index (χ1) is 8.02. The van der Waals surface area contributed by atoms with Crippen molar-refractivity contribution in [3.8, 4) is 0 Å². The van der Waals surface area contributed by atoms with E-state index in [9.17, 15) is 9.59 Å². The van der Waals surface area contributed by atoms with E-state index in [1.54, 1.807) is 11.8 Å². The molecule has 1 heterocycles. The number of amides is 1. The molecule has 0 aliphatic carbocycles. The summed E-state index contributed by atoms with van der Waals surface area (Å²) in [6.07, 6.45) is 2.94. The number of aliphatic carboxylic acids is 1. The molecule has 0 bridgehead atoms. The molecule has 1 saturated heterocycles. The van der Waals surface area contributed by atoms with Crippen LogP contribution in [0.4, 0.5) is 4.79 Å². The van der Waals surface area contributed by atoms with E-state index >= 15 is 0 Å². The van der Waals surface area contributed by atoms with Gasteiger partial charge in [-0.1, -0.05) is 13.3 Å². The second-order valence-electron chi connectivity index (χ2n) is 4.68. The molecule has 0 saturated carbocycles. The van der Waals surface area contributed by atoms with Gasteiger partial charge in [-0.3, -0.25) is 4.79 Å². The number of cyclic esters (lactones) is 1. The first-order valence-electron chi connectivity index (χ1n) is 6.18. The molecular formula is C12H21NO4. The van der Waals surface area contributed by atoms with Crippen molar-refractivity contribution in [3.63, 3.8) is 0 Å². The molecular weight excluding hydrogens is 222 g/mol. The minimum atomic E-state index is -0.755. The molecule has 1 amide bonds. The maximum Gasteiger partial charge on any atom is 0.409 e. The molecule has 2 unspecified atom stereocenters. The van der Waals surface area contributed by atoms with E-state index in [-0.39, 0.29) is 18.1 Å². The molecule has 1 fully saturated rings. The smallest absolute Gasteiger partial charge is 0.409 e. The van der Waals surface area contributed by atoms with E-state index in [2.05, 4.69) is 0 Å². The van der Waals surface area contributed by atoms with Crippen LogP contribution in [-0.4, -0.2) is 41.3 Å². The van der Waals surface area contributed by atoms with Gasteiger partial charge in [0.05, 0.1) is 12.5 Å². The molecule has 2 atom stereocenters. The summed E-state index contributed by atoms with van der Waals surface area (Å²) in [7, 11) is 0. The van der Waals surface area contributed by atoms with Crippen molar-refractivity contribution in [2.45, 2.75) is 45.6 Å². The normalized spacial score (nSPS) is 19.6. The van der Waals surface area contributed by atoms with E-state index in [4.69, 9.17) is 9.84 Å². The topological polar surface area (TPSA) is 66.8 Å². The Kier molecular flexibility index (Phi) is 5.25. The van der Waals surface area contributed by atoms with E-state index in [1.807, 2.05) is 6.92 Å². The average molecular weight is 243 g/mol. The zero-order valence-electron chi connectivity index (χ0n) is 10.5. The highest BCUT2D eigenvalue weighted by Gasteiger charge is 2.24. The van der Waals surface area contributed by atoms with Gasteiger partial charge < -0.3 is 14.7 Å². The summed E-state index contributed by atoms with van der Waals surface area (Å²) in [5.74, 6) is -1.06. The number of rotatable bonds is 6. The van der Waals surface area contributed by atoms with Gasteiger partial charge in [-0.25, -0.2) is 4.79 Å². The monoisotopic (exact) mass is 243 g/mol. The number of ether oxygens (including phenoxy) is 1. The van der Waals surface area contributed by atoms with Crippen molar-refractivity contribution < 1.29 is 19.4 Å². The standard InChI is InChI=1S/C12H21NO4/c1-9(11(14)15)5-3-6-10(2)13-7-4-8-17-12(13)16/h9-10H,3-8H2,1-2H3,(H,14,15). The van der Waals surface area contributed by atoms with E-state index < -0.39 is 5.97 Å². The van der Waals surface area contributed by atoms with Crippen LogP contribution in [0.2, 0.25) is 0 Å². The predicted molar refractivity (Wildman–Crippen MR) is 62.8 cm³/mol. The first-order valence-corrected chi connectivity index (χ1v) is 6.18. The third kappa shape index (κ3) is 4.24. The summed E-state index contributed by atoms with van der Waals surface area (Å²) in [6, 6.07) is 0.129. The third-order valence-corrected chi connectivity index (χ3v) is 3.22. The van der Waals surface area contributed by atoms with Gasteiger partial charge in [0.25, 0.3) is 0 Å². The fourth-order valence-corrected chi connectivity index (χ4v) is 1.97. The van der Waals surface area contributed by atoms with Gasteiger partial charge >= 0.3 is 12.1 Å². The molecule has 1 N–H and O–H groups in total. The molecule has 0 spiro atoms. The van der Waals surface area contributed by atoms with Gasteiger partial charge in [-0.2, -0.15) is 0 Å². The number of carbonyl (C=O) groups excluding carboxylic acids is 1. The summed E-state index contributed by atoms with van der Waals surface area (Å²) in [5, 5.41) is 8.75. The number of carbonyl (C=O) groups is 2. The Labute approximate surface area is 102 Å². The van der Waals surface area contributed by atoms with Gasteiger partial charge in [0.2, 0.25) is 0 Å². The third-order valence-electron chi connectivity index (χ3n) is 3.22. The molecule has 1 aliphatic rings. The Morgan fingerprint density at radius 3 is 2.76 bits per heavy atom. The van der Waals surface area contributed by atoms with Crippen LogP contribution >= 0.6 is 0 Å². The predicted octanol–water partition coefficient (Wildman–Crippen LogP) is 2.11. The highest BCUT2D eigenvalue weighted by Crippen LogP contribution is 2.16. The molecule has 0 aromatic rings. The lowest BCUT2D eigenvalue weighted by atomic mass is 10.0. The molecule has 5 nitrogen and oxygen atoms in total. The van der Waals surface area contributed by atoms with Crippen LogP contribution in [0, 0.1) is 5.92 Å².